The molecule has 0 aliphatic carbocycles. The van der Waals surface area contributed by atoms with E-state index in [0.29, 0.717) is 0 Å². The van der Waals surface area contributed by atoms with Gasteiger partial charge in [0.2, 0.25) is 0 Å². The Morgan fingerprint density at radius 3 is 1.83 bits per heavy atom. The van der Waals surface area contributed by atoms with E-state index in [0.717, 1.165) is 17.1 Å². The number of methoxy groups -OCH3 is 2. The first-order valence-corrected chi connectivity index (χ1v) is 7.86. The third-order valence-electron chi connectivity index (χ3n) is 3.93. The molecule has 0 aromatic heterocycles. The normalized spacial score (nSPS) is 10.8. The van der Waals surface area contributed by atoms with Gasteiger partial charge in [-0.3, -0.25) is 0 Å². The van der Waals surface area contributed by atoms with E-state index < -0.39 is 0 Å². The summed E-state index contributed by atoms with van der Waals surface area (Å²) < 4.78 is 10.4. The maximum absolute atomic E-state index is 5.24. The second-order valence-electron chi connectivity index (χ2n) is 5.42. The smallest absolute Gasteiger partial charge is 0.118 e. The molecule has 0 N–H and O–H groups in total. The van der Waals surface area contributed by atoms with Crippen LogP contribution in [0.15, 0.2) is 72.8 Å². The Balaban J connectivity index is 1.89. The van der Waals surface area contributed by atoms with Gasteiger partial charge >= 0.3 is 0 Å². The lowest BCUT2D eigenvalue weighted by atomic mass is 9.99. The first kappa shape index (κ1) is 15.9. The van der Waals surface area contributed by atoms with Crippen LogP contribution in [0, 0.1) is 0 Å². The summed E-state index contributed by atoms with van der Waals surface area (Å²) in [5, 5.41) is 0. The molecule has 0 fully saturated rings. The lowest BCUT2D eigenvalue weighted by Gasteiger charge is -2.07. The van der Waals surface area contributed by atoms with Gasteiger partial charge in [0, 0.05) is 0 Å². The highest BCUT2D eigenvalue weighted by Gasteiger charge is 2.02. The fraction of sp³-hybridized carbons (Fsp3) is 0.0909. The van der Waals surface area contributed by atoms with Crippen molar-refractivity contribution in [3.63, 3.8) is 0 Å². The minimum atomic E-state index is 0.866. The Kier molecular flexibility index (Phi) is 4.97. The van der Waals surface area contributed by atoms with Crippen LogP contribution < -0.4 is 9.47 Å². The fourth-order valence-electron chi connectivity index (χ4n) is 2.58. The molecule has 24 heavy (non-hydrogen) atoms. The Bertz CT molecular complexity index is 815. The van der Waals surface area contributed by atoms with Crippen molar-refractivity contribution in [2.45, 2.75) is 0 Å². The molecule has 3 rings (SSSR count). The van der Waals surface area contributed by atoms with Crippen LogP contribution in [0.4, 0.5) is 0 Å². The predicted molar refractivity (Wildman–Crippen MR) is 100 cm³/mol. The first-order chi connectivity index (χ1) is 11.8. The summed E-state index contributed by atoms with van der Waals surface area (Å²) in [6.07, 6.45) is 4.25. The number of ether oxygens (including phenoxy) is 2. The highest BCUT2D eigenvalue weighted by molar-refractivity contribution is 5.81. The molecular formula is C22H20O2. The molecule has 0 saturated carbocycles. The van der Waals surface area contributed by atoms with Gasteiger partial charge < -0.3 is 9.47 Å². The van der Waals surface area contributed by atoms with Crippen molar-refractivity contribution >= 4 is 12.2 Å². The summed E-state index contributed by atoms with van der Waals surface area (Å²) in [6.45, 7) is 0. The highest BCUT2D eigenvalue weighted by atomic mass is 16.5. The van der Waals surface area contributed by atoms with Gasteiger partial charge in [-0.05, 0) is 46.5 Å². The van der Waals surface area contributed by atoms with Crippen molar-refractivity contribution in [3.8, 4) is 22.6 Å². The summed E-state index contributed by atoms with van der Waals surface area (Å²) in [5.41, 5.74) is 4.69. The van der Waals surface area contributed by atoms with Crippen molar-refractivity contribution in [1.29, 1.82) is 0 Å². The molecule has 0 spiro atoms. The molecule has 0 atom stereocenters. The van der Waals surface area contributed by atoms with Crippen LogP contribution in [0.3, 0.4) is 0 Å². The molecule has 0 aliphatic rings. The second-order valence-corrected chi connectivity index (χ2v) is 5.42. The minimum absolute atomic E-state index is 0.866. The fourth-order valence-corrected chi connectivity index (χ4v) is 2.58. The average Bonchev–Trinajstić information content (AvgIpc) is 2.67. The standard InChI is InChI=1S/C22H20O2/c1-23-20-13-8-17(9-14-20)7-10-18-5-3-4-6-22(18)19-11-15-21(24-2)16-12-19/h3-16H,1-2H3. The third kappa shape index (κ3) is 3.66. The molecule has 0 radical (unpaired) electrons. The van der Waals surface area contributed by atoms with Gasteiger partial charge in [0.05, 0.1) is 14.2 Å². The van der Waals surface area contributed by atoms with E-state index in [-0.39, 0.29) is 0 Å². The molecule has 120 valence electrons. The Morgan fingerprint density at radius 1 is 0.625 bits per heavy atom. The number of benzene rings is 3. The van der Waals surface area contributed by atoms with Gasteiger partial charge in [-0.1, -0.05) is 60.7 Å². The molecule has 0 saturated heterocycles. The van der Waals surface area contributed by atoms with Crippen molar-refractivity contribution in [1.82, 2.24) is 0 Å². The van der Waals surface area contributed by atoms with E-state index in [4.69, 9.17) is 9.47 Å². The van der Waals surface area contributed by atoms with Gasteiger partial charge in [-0.25, -0.2) is 0 Å². The third-order valence-corrected chi connectivity index (χ3v) is 3.93. The molecule has 0 bridgehead atoms. The van der Waals surface area contributed by atoms with Crippen molar-refractivity contribution < 1.29 is 9.47 Å². The van der Waals surface area contributed by atoms with Gasteiger partial charge in [-0.15, -0.1) is 0 Å². The molecule has 2 nitrogen and oxygen atoms in total. The molecule has 2 heteroatoms. The topological polar surface area (TPSA) is 18.5 Å². The molecule has 0 unspecified atom stereocenters. The van der Waals surface area contributed by atoms with E-state index in [1.54, 1.807) is 14.2 Å². The Labute approximate surface area is 143 Å². The maximum Gasteiger partial charge on any atom is 0.118 e. The van der Waals surface area contributed by atoms with Gasteiger partial charge in [0.25, 0.3) is 0 Å². The van der Waals surface area contributed by atoms with Crippen LogP contribution in [0.2, 0.25) is 0 Å². The summed E-state index contributed by atoms with van der Waals surface area (Å²) in [7, 11) is 3.36. The number of rotatable bonds is 5. The summed E-state index contributed by atoms with van der Waals surface area (Å²) in [4.78, 5) is 0. The van der Waals surface area contributed by atoms with E-state index in [1.807, 2.05) is 36.4 Å². The van der Waals surface area contributed by atoms with Crippen molar-refractivity contribution in [2.24, 2.45) is 0 Å². The Morgan fingerprint density at radius 2 is 1.21 bits per heavy atom. The molecule has 0 amide bonds. The van der Waals surface area contributed by atoms with Crippen LogP contribution in [0.25, 0.3) is 23.3 Å². The monoisotopic (exact) mass is 316 g/mol. The SMILES string of the molecule is COc1ccc(C=Cc2ccccc2-c2ccc(OC)cc2)cc1. The van der Waals surface area contributed by atoms with E-state index in [2.05, 4.69) is 48.6 Å². The molecule has 0 heterocycles. The quantitative estimate of drug-likeness (QED) is 0.575. The lowest BCUT2D eigenvalue weighted by molar-refractivity contribution is 0.414. The molecule has 0 aliphatic heterocycles. The van der Waals surface area contributed by atoms with E-state index in [9.17, 15) is 0 Å². The van der Waals surface area contributed by atoms with Crippen LogP contribution in [-0.2, 0) is 0 Å². The van der Waals surface area contributed by atoms with Crippen LogP contribution in [-0.4, -0.2) is 14.2 Å². The van der Waals surface area contributed by atoms with Gasteiger partial charge in [0.15, 0.2) is 0 Å². The van der Waals surface area contributed by atoms with Crippen molar-refractivity contribution in [2.75, 3.05) is 14.2 Å². The minimum Gasteiger partial charge on any atom is -0.497 e. The van der Waals surface area contributed by atoms with Crippen LogP contribution in [0.1, 0.15) is 11.1 Å². The van der Waals surface area contributed by atoms with E-state index in [1.165, 1.54) is 16.7 Å². The second kappa shape index (κ2) is 7.51. The molecular weight excluding hydrogens is 296 g/mol. The number of hydrogen-bond donors (Lipinski definition) is 0. The summed E-state index contributed by atoms with van der Waals surface area (Å²) in [6, 6.07) is 24.5. The zero-order valence-electron chi connectivity index (χ0n) is 13.9. The molecule has 3 aromatic rings. The zero-order valence-corrected chi connectivity index (χ0v) is 13.9. The van der Waals surface area contributed by atoms with Crippen molar-refractivity contribution in [3.05, 3.63) is 83.9 Å². The predicted octanol–water partition coefficient (Wildman–Crippen LogP) is 5.54. The first-order valence-electron chi connectivity index (χ1n) is 7.86. The van der Waals surface area contributed by atoms with Gasteiger partial charge in [-0.2, -0.15) is 0 Å². The zero-order chi connectivity index (χ0) is 16.8. The maximum atomic E-state index is 5.24. The molecule has 3 aromatic carbocycles. The highest BCUT2D eigenvalue weighted by Crippen LogP contribution is 2.27. The van der Waals surface area contributed by atoms with Crippen LogP contribution in [0.5, 0.6) is 11.5 Å². The average molecular weight is 316 g/mol. The summed E-state index contributed by atoms with van der Waals surface area (Å²) in [5.74, 6) is 1.73. The number of hydrogen-bond acceptors (Lipinski definition) is 2. The Hall–Kier alpha value is -3.00. The van der Waals surface area contributed by atoms with E-state index >= 15 is 0 Å². The van der Waals surface area contributed by atoms with Crippen LogP contribution >= 0.6 is 0 Å². The van der Waals surface area contributed by atoms with Gasteiger partial charge in [0.1, 0.15) is 11.5 Å². The largest absolute Gasteiger partial charge is 0.497 e. The summed E-state index contributed by atoms with van der Waals surface area (Å²) >= 11 is 0. The lowest BCUT2D eigenvalue weighted by Crippen LogP contribution is -1.85.